The summed E-state index contributed by atoms with van der Waals surface area (Å²) in [5.74, 6) is 0.740. The van der Waals surface area contributed by atoms with E-state index in [1.807, 2.05) is 57.3 Å². The molecule has 0 aliphatic carbocycles. The molecule has 1 aromatic heterocycles. The molecule has 6 nitrogen and oxygen atoms in total. The number of carbonyl (C=O) groups is 1. The second kappa shape index (κ2) is 7.82. The summed E-state index contributed by atoms with van der Waals surface area (Å²) in [6, 6.07) is 15.1. The van der Waals surface area contributed by atoms with Gasteiger partial charge in [-0.25, -0.2) is 9.67 Å². The standard InChI is InChI=1S/C20H22N4O2/c1-4-26-19-11-7-17(8-12-19)20(25)23(3)15(2)16-5-9-18(10-6-16)24-14-21-13-22-24/h5-15H,4H2,1-3H3. The van der Waals surface area contributed by atoms with Crippen LogP contribution >= 0.6 is 0 Å². The molecular formula is C20H22N4O2. The Morgan fingerprint density at radius 1 is 1.15 bits per heavy atom. The van der Waals surface area contributed by atoms with E-state index < -0.39 is 0 Å². The Morgan fingerprint density at radius 2 is 1.85 bits per heavy atom. The lowest BCUT2D eigenvalue weighted by molar-refractivity contribution is 0.0742. The Bertz CT molecular complexity index is 843. The largest absolute Gasteiger partial charge is 0.494 e. The van der Waals surface area contributed by atoms with Gasteiger partial charge in [0.25, 0.3) is 5.91 Å². The van der Waals surface area contributed by atoms with E-state index in [-0.39, 0.29) is 11.9 Å². The summed E-state index contributed by atoms with van der Waals surface area (Å²) in [7, 11) is 1.81. The van der Waals surface area contributed by atoms with Gasteiger partial charge in [0.1, 0.15) is 18.4 Å². The van der Waals surface area contributed by atoms with E-state index in [9.17, 15) is 4.79 Å². The van der Waals surface area contributed by atoms with Crippen LogP contribution in [0.5, 0.6) is 5.75 Å². The molecule has 0 bridgehead atoms. The first-order valence-electron chi connectivity index (χ1n) is 8.55. The van der Waals surface area contributed by atoms with Gasteiger partial charge in [-0.2, -0.15) is 5.10 Å². The topological polar surface area (TPSA) is 60.2 Å². The third kappa shape index (κ3) is 3.74. The van der Waals surface area contributed by atoms with E-state index in [0.29, 0.717) is 12.2 Å². The zero-order valence-electron chi connectivity index (χ0n) is 15.2. The van der Waals surface area contributed by atoms with Gasteiger partial charge in [-0.05, 0) is 55.8 Å². The molecule has 0 aliphatic heterocycles. The molecule has 1 atom stereocenters. The first-order valence-corrected chi connectivity index (χ1v) is 8.55. The summed E-state index contributed by atoms with van der Waals surface area (Å²) in [4.78, 5) is 18.4. The average Bonchev–Trinajstić information content (AvgIpc) is 3.22. The van der Waals surface area contributed by atoms with Gasteiger partial charge in [0.05, 0.1) is 18.3 Å². The smallest absolute Gasteiger partial charge is 0.254 e. The zero-order chi connectivity index (χ0) is 18.5. The molecule has 1 unspecified atom stereocenters. The summed E-state index contributed by atoms with van der Waals surface area (Å²) < 4.78 is 7.12. The Kier molecular flexibility index (Phi) is 5.31. The van der Waals surface area contributed by atoms with E-state index in [4.69, 9.17) is 4.74 Å². The summed E-state index contributed by atoms with van der Waals surface area (Å²) in [5.41, 5.74) is 2.62. The molecule has 26 heavy (non-hydrogen) atoms. The van der Waals surface area contributed by atoms with Crippen LogP contribution in [0.3, 0.4) is 0 Å². The fourth-order valence-corrected chi connectivity index (χ4v) is 2.71. The van der Waals surface area contributed by atoms with Crippen LogP contribution in [0.25, 0.3) is 5.69 Å². The average molecular weight is 350 g/mol. The van der Waals surface area contributed by atoms with Crippen molar-refractivity contribution < 1.29 is 9.53 Å². The van der Waals surface area contributed by atoms with Crippen LogP contribution in [0, 0.1) is 0 Å². The van der Waals surface area contributed by atoms with E-state index in [1.165, 1.54) is 6.33 Å². The molecule has 6 heteroatoms. The SMILES string of the molecule is CCOc1ccc(C(=O)N(C)C(C)c2ccc(-n3cncn3)cc2)cc1. The number of hydrogen-bond acceptors (Lipinski definition) is 4. The fraction of sp³-hybridized carbons (Fsp3) is 0.250. The number of aromatic nitrogens is 3. The Hall–Kier alpha value is -3.15. The first kappa shape index (κ1) is 17.7. The molecule has 0 saturated heterocycles. The number of hydrogen-bond donors (Lipinski definition) is 0. The third-order valence-corrected chi connectivity index (χ3v) is 4.37. The van der Waals surface area contributed by atoms with Crippen molar-refractivity contribution >= 4 is 5.91 Å². The molecule has 0 spiro atoms. The highest BCUT2D eigenvalue weighted by atomic mass is 16.5. The Balaban J connectivity index is 1.72. The molecule has 0 radical (unpaired) electrons. The van der Waals surface area contributed by atoms with Crippen LogP contribution in [0.4, 0.5) is 0 Å². The van der Waals surface area contributed by atoms with Crippen molar-refractivity contribution in [2.75, 3.05) is 13.7 Å². The number of nitrogens with zero attached hydrogens (tertiary/aromatic N) is 4. The molecule has 0 aliphatic rings. The summed E-state index contributed by atoms with van der Waals surface area (Å²) in [6.45, 7) is 4.55. The predicted molar refractivity (Wildman–Crippen MR) is 99.5 cm³/mol. The van der Waals surface area contributed by atoms with Crippen LogP contribution in [-0.2, 0) is 0 Å². The van der Waals surface area contributed by atoms with Crippen molar-refractivity contribution in [2.45, 2.75) is 19.9 Å². The molecule has 0 N–H and O–H groups in total. The second-order valence-corrected chi connectivity index (χ2v) is 5.98. The summed E-state index contributed by atoms with van der Waals surface area (Å²) in [5, 5.41) is 4.12. The highest BCUT2D eigenvalue weighted by Gasteiger charge is 2.19. The van der Waals surface area contributed by atoms with Crippen molar-refractivity contribution in [3.63, 3.8) is 0 Å². The zero-order valence-corrected chi connectivity index (χ0v) is 15.2. The van der Waals surface area contributed by atoms with Gasteiger partial charge in [-0.15, -0.1) is 0 Å². The van der Waals surface area contributed by atoms with Gasteiger partial charge in [0.2, 0.25) is 0 Å². The molecule has 0 saturated carbocycles. The van der Waals surface area contributed by atoms with Crippen molar-refractivity contribution in [3.05, 3.63) is 72.3 Å². The van der Waals surface area contributed by atoms with Gasteiger partial charge < -0.3 is 9.64 Å². The highest BCUT2D eigenvalue weighted by Crippen LogP contribution is 2.23. The Morgan fingerprint density at radius 3 is 2.42 bits per heavy atom. The quantitative estimate of drug-likeness (QED) is 0.683. The molecule has 1 heterocycles. The molecule has 0 fully saturated rings. The van der Waals surface area contributed by atoms with Crippen LogP contribution < -0.4 is 4.74 Å². The lowest BCUT2D eigenvalue weighted by Gasteiger charge is -2.25. The second-order valence-electron chi connectivity index (χ2n) is 5.98. The Labute approximate surface area is 153 Å². The van der Waals surface area contributed by atoms with Gasteiger partial charge in [0, 0.05) is 12.6 Å². The minimum absolute atomic E-state index is 0.0269. The van der Waals surface area contributed by atoms with Crippen LogP contribution in [0.15, 0.2) is 61.2 Å². The summed E-state index contributed by atoms with van der Waals surface area (Å²) >= 11 is 0. The van der Waals surface area contributed by atoms with Crippen molar-refractivity contribution in [1.82, 2.24) is 19.7 Å². The normalized spacial score (nSPS) is 11.8. The van der Waals surface area contributed by atoms with E-state index in [0.717, 1.165) is 17.0 Å². The number of ether oxygens (including phenoxy) is 1. The molecule has 134 valence electrons. The first-order chi connectivity index (χ1) is 12.6. The van der Waals surface area contributed by atoms with Crippen molar-refractivity contribution in [2.24, 2.45) is 0 Å². The molecule has 3 rings (SSSR count). The fourth-order valence-electron chi connectivity index (χ4n) is 2.71. The number of amides is 1. The van der Waals surface area contributed by atoms with Crippen LogP contribution in [0.2, 0.25) is 0 Å². The van der Waals surface area contributed by atoms with Gasteiger partial charge >= 0.3 is 0 Å². The van der Waals surface area contributed by atoms with Gasteiger partial charge in [0.15, 0.2) is 0 Å². The molecule has 1 amide bonds. The number of rotatable bonds is 6. The predicted octanol–water partition coefficient (Wildman–Crippen LogP) is 3.50. The molecule has 3 aromatic rings. The maximum atomic E-state index is 12.7. The molecule has 2 aromatic carbocycles. The van der Waals surface area contributed by atoms with Gasteiger partial charge in [-0.3, -0.25) is 4.79 Å². The minimum Gasteiger partial charge on any atom is -0.494 e. The third-order valence-electron chi connectivity index (χ3n) is 4.37. The lowest BCUT2D eigenvalue weighted by atomic mass is 10.1. The van der Waals surface area contributed by atoms with E-state index >= 15 is 0 Å². The van der Waals surface area contributed by atoms with E-state index in [2.05, 4.69) is 10.1 Å². The maximum Gasteiger partial charge on any atom is 0.254 e. The lowest BCUT2D eigenvalue weighted by Crippen LogP contribution is -2.29. The number of benzene rings is 2. The maximum absolute atomic E-state index is 12.7. The number of carbonyl (C=O) groups excluding carboxylic acids is 1. The molecular weight excluding hydrogens is 328 g/mol. The van der Waals surface area contributed by atoms with E-state index in [1.54, 1.807) is 28.0 Å². The van der Waals surface area contributed by atoms with Gasteiger partial charge in [-0.1, -0.05) is 12.1 Å². The monoisotopic (exact) mass is 350 g/mol. The highest BCUT2D eigenvalue weighted by molar-refractivity contribution is 5.94. The van der Waals surface area contributed by atoms with Crippen molar-refractivity contribution in [1.29, 1.82) is 0 Å². The van der Waals surface area contributed by atoms with Crippen molar-refractivity contribution in [3.8, 4) is 11.4 Å². The van der Waals surface area contributed by atoms with Crippen LogP contribution in [0.1, 0.15) is 35.8 Å². The van der Waals surface area contributed by atoms with Crippen LogP contribution in [-0.4, -0.2) is 39.2 Å². The summed E-state index contributed by atoms with van der Waals surface area (Å²) in [6.07, 6.45) is 3.15. The minimum atomic E-state index is -0.0566.